The molecular formula is C28H23N3O6. The maximum absolute atomic E-state index is 12.0. The van der Waals surface area contributed by atoms with Crippen molar-refractivity contribution in [1.82, 2.24) is 9.88 Å². The number of aromatic nitrogens is 1. The summed E-state index contributed by atoms with van der Waals surface area (Å²) in [6.45, 7) is 2.10. The van der Waals surface area contributed by atoms with Crippen molar-refractivity contribution in [2.45, 2.75) is 19.8 Å². The average Bonchev–Trinajstić information content (AvgIpc) is 3.50. The number of nitrogens with zero attached hydrogens (tertiary/aromatic N) is 3. The van der Waals surface area contributed by atoms with Crippen LogP contribution in [-0.4, -0.2) is 42.1 Å². The van der Waals surface area contributed by atoms with Gasteiger partial charge in [-0.3, -0.25) is 14.5 Å². The molecular weight excluding hydrogens is 474 g/mol. The van der Waals surface area contributed by atoms with Crippen molar-refractivity contribution in [2.24, 2.45) is 0 Å². The largest absolute Gasteiger partial charge is 0.497 e. The lowest BCUT2D eigenvalue weighted by Gasteiger charge is -2.16. The van der Waals surface area contributed by atoms with Gasteiger partial charge in [0, 0.05) is 42.3 Å². The Bertz CT molecular complexity index is 1440. The van der Waals surface area contributed by atoms with Crippen molar-refractivity contribution >= 4 is 17.9 Å². The molecule has 3 aromatic rings. The molecule has 3 heterocycles. The second kappa shape index (κ2) is 10.0. The molecule has 2 amide bonds. The molecule has 1 fully saturated rings. The van der Waals surface area contributed by atoms with Crippen LogP contribution in [-0.2, 0) is 9.59 Å². The summed E-state index contributed by atoms with van der Waals surface area (Å²) in [5.74, 6) is 2.05. The lowest BCUT2D eigenvalue weighted by molar-refractivity contribution is -0.137. The molecule has 37 heavy (non-hydrogen) atoms. The number of hydrogen-bond acceptors (Lipinski definition) is 8. The number of fused-ring (bicyclic) bond motifs is 1. The number of rotatable bonds is 7. The van der Waals surface area contributed by atoms with Crippen LogP contribution in [0.4, 0.5) is 0 Å². The molecule has 0 N–H and O–H groups in total. The van der Waals surface area contributed by atoms with Gasteiger partial charge in [-0.15, -0.1) is 0 Å². The predicted octanol–water partition coefficient (Wildman–Crippen LogP) is 4.62. The summed E-state index contributed by atoms with van der Waals surface area (Å²) >= 11 is 0. The van der Waals surface area contributed by atoms with E-state index in [0.29, 0.717) is 39.8 Å². The topological polar surface area (TPSA) is 111 Å². The normalized spacial score (nSPS) is 14.4. The summed E-state index contributed by atoms with van der Waals surface area (Å²) in [6, 6.07) is 14.7. The number of imide groups is 1. The molecule has 0 radical (unpaired) electrons. The molecule has 1 aromatic heterocycles. The van der Waals surface area contributed by atoms with Crippen molar-refractivity contribution in [3.8, 4) is 46.1 Å². The minimum atomic E-state index is -0.190. The van der Waals surface area contributed by atoms with Crippen LogP contribution in [0.5, 0.6) is 28.9 Å². The highest BCUT2D eigenvalue weighted by molar-refractivity contribution is 6.02. The van der Waals surface area contributed by atoms with Crippen LogP contribution in [0.25, 0.3) is 17.2 Å². The van der Waals surface area contributed by atoms with E-state index in [9.17, 15) is 14.9 Å². The molecule has 0 saturated carbocycles. The fourth-order valence-corrected chi connectivity index (χ4v) is 4.28. The van der Waals surface area contributed by atoms with Crippen molar-refractivity contribution < 1.29 is 28.5 Å². The maximum atomic E-state index is 12.0. The number of amides is 2. The zero-order chi connectivity index (χ0) is 25.9. The third kappa shape index (κ3) is 4.69. The summed E-state index contributed by atoms with van der Waals surface area (Å²) in [4.78, 5) is 29.8. The Hall–Kier alpha value is -4.84. The number of ether oxygens (including phenoxy) is 4. The first-order valence-electron chi connectivity index (χ1n) is 11.6. The summed E-state index contributed by atoms with van der Waals surface area (Å²) in [5, 5.41) is 10.2. The molecule has 5 rings (SSSR count). The highest BCUT2D eigenvalue weighted by Crippen LogP contribution is 2.40. The molecule has 0 unspecified atom stereocenters. The van der Waals surface area contributed by atoms with Crippen LogP contribution >= 0.6 is 0 Å². The monoisotopic (exact) mass is 497 g/mol. The molecule has 9 heteroatoms. The maximum Gasteiger partial charge on any atom is 0.238 e. The number of nitriles is 1. The predicted molar refractivity (Wildman–Crippen MR) is 133 cm³/mol. The second-order valence-electron chi connectivity index (χ2n) is 8.42. The van der Waals surface area contributed by atoms with E-state index >= 15 is 0 Å². The van der Waals surface area contributed by atoms with E-state index in [-0.39, 0.29) is 49.4 Å². The van der Waals surface area contributed by atoms with Gasteiger partial charge >= 0.3 is 0 Å². The van der Waals surface area contributed by atoms with Crippen molar-refractivity contribution in [1.29, 1.82) is 5.26 Å². The Morgan fingerprint density at radius 2 is 1.76 bits per heavy atom. The number of benzene rings is 2. The Labute approximate surface area is 213 Å². The Balaban J connectivity index is 1.57. The van der Waals surface area contributed by atoms with Crippen LogP contribution in [0.2, 0.25) is 0 Å². The van der Waals surface area contributed by atoms with Crippen LogP contribution in [0.3, 0.4) is 0 Å². The molecule has 1 saturated heterocycles. The lowest BCUT2D eigenvalue weighted by Crippen LogP contribution is -2.28. The van der Waals surface area contributed by atoms with E-state index < -0.39 is 0 Å². The smallest absolute Gasteiger partial charge is 0.238 e. The van der Waals surface area contributed by atoms with Gasteiger partial charge in [-0.05, 0) is 36.8 Å². The first-order valence-corrected chi connectivity index (χ1v) is 11.6. The first-order chi connectivity index (χ1) is 18.0. The number of methoxy groups -OCH3 is 1. The van der Waals surface area contributed by atoms with E-state index in [1.807, 2.05) is 19.1 Å². The molecule has 0 spiro atoms. The molecule has 0 bridgehead atoms. The molecule has 2 aliphatic rings. The molecule has 186 valence electrons. The van der Waals surface area contributed by atoms with E-state index in [4.69, 9.17) is 18.9 Å². The Kier molecular flexibility index (Phi) is 6.47. The first kappa shape index (κ1) is 23.9. The summed E-state index contributed by atoms with van der Waals surface area (Å²) in [6.07, 6.45) is 3.98. The van der Waals surface area contributed by atoms with E-state index in [2.05, 4.69) is 11.1 Å². The van der Waals surface area contributed by atoms with Gasteiger partial charge in [0.2, 0.25) is 24.5 Å². The fraction of sp³-hybridized carbons (Fsp3) is 0.214. The van der Waals surface area contributed by atoms with Crippen molar-refractivity contribution in [2.75, 3.05) is 20.4 Å². The number of aryl methyl sites for hydroxylation is 1. The van der Waals surface area contributed by atoms with E-state index in [0.717, 1.165) is 5.56 Å². The number of carbonyl (C=O) groups excluding carboxylic acids is 2. The summed E-state index contributed by atoms with van der Waals surface area (Å²) < 4.78 is 22.1. The summed E-state index contributed by atoms with van der Waals surface area (Å²) in [5.41, 5.74) is 2.89. The SMILES string of the molecule is COc1ccc(-c2c(C#N)c(Oc3ccc4c(c3)OCO4)nc(C)c2C=CCN2C(=O)CCC2=O)cc1. The third-order valence-corrected chi connectivity index (χ3v) is 6.17. The minimum absolute atomic E-state index is 0.136. The Morgan fingerprint density at radius 3 is 2.46 bits per heavy atom. The second-order valence-corrected chi connectivity index (χ2v) is 8.42. The number of likely N-dealkylation sites (tertiary alicyclic amines) is 1. The van der Waals surface area contributed by atoms with Gasteiger partial charge in [0.25, 0.3) is 0 Å². The van der Waals surface area contributed by atoms with Gasteiger partial charge < -0.3 is 18.9 Å². The van der Waals surface area contributed by atoms with Gasteiger partial charge in [0.05, 0.1) is 7.11 Å². The average molecular weight is 498 g/mol. The van der Waals surface area contributed by atoms with Gasteiger partial charge in [-0.1, -0.05) is 24.3 Å². The zero-order valence-electron chi connectivity index (χ0n) is 20.3. The molecule has 0 aliphatic carbocycles. The number of carbonyl (C=O) groups is 2. The van der Waals surface area contributed by atoms with E-state index in [1.165, 1.54) is 4.90 Å². The van der Waals surface area contributed by atoms with Crippen LogP contribution in [0.15, 0.2) is 48.5 Å². The molecule has 2 aliphatic heterocycles. The molecule has 2 aromatic carbocycles. The Morgan fingerprint density at radius 1 is 1.05 bits per heavy atom. The van der Waals surface area contributed by atoms with E-state index in [1.54, 1.807) is 49.6 Å². The third-order valence-electron chi connectivity index (χ3n) is 6.17. The molecule has 0 atom stereocenters. The minimum Gasteiger partial charge on any atom is -0.497 e. The highest BCUT2D eigenvalue weighted by Gasteiger charge is 2.27. The van der Waals surface area contributed by atoms with Gasteiger partial charge in [-0.25, -0.2) is 4.98 Å². The molecule has 9 nitrogen and oxygen atoms in total. The van der Waals surface area contributed by atoms with Crippen LogP contribution < -0.4 is 18.9 Å². The van der Waals surface area contributed by atoms with Crippen LogP contribution in [0.1, 0.15) is 29.7 Å². The zero-order valence-corrected chi connectivity index (χ0v) is 20.3. The lowest BCUT2D eigenvalue weighted by atomic mass is 9.94. The van der Waals surface area contributed by atoms with Crippen LogP contribution in [0, 0.1) is 18.3 Å². The summed E-state index contributed by atoms with van der Waals surface area (Å²) in [7, 11) is 1.58. The standard InChI is InChI=1S/C28H23N3O6/c1-17-21(4-3-13-31-25(32)11-12-26(31)33)27(18-5-7-19(34-2)8-6-18)22(15-29)28(30-17)37-20-9-10-23-24(14-20)36-16-35-23/h3-10,14H,11-13,16H2,1-2H3. The number of hydrogen-bond donors (Lipinski definition) is 0. The van der Waals surface area contributed by atoms with Gasteiger partial charge in [0.15, 0.2) is 11.5 Å². The quantitative estimate of drug-likeness (QED) is 0.435. The number of pyridine rings is 1. The fourth-order valence-electron chi connectivity index (χ4n) is 4.28. The highest BCUT2D eigenvalue weighted by atomic mass is 16.7. The van der Waals surface area contributed by atoms with Gasteiger partial charge in [0.1, 0.15) is 23.1 Å². The van der Waals surface area contributed by atoms with Crippen molar-refractivity contribution in [3.05, 3.63) is 65.4 Å². The van der Waals surface area contributed by atoms with Gasteiger partial charge in [-0.2, -0.15) is 5.26 Å². The van der Waals surface area contributed by atoms with Crippen molar-refractivity contribution in [3.63, 3.8) is 0 Å².